The van der Waals surface area contributed by atoms with Gasteiger partial charge in [-0.1, -0.05) is 42.5 Å². The Morgan fingerprint density at radius 3 is 2.79 bits per heavy atom. The quantitative estimate of drug-likeness (QED) is 0.694. The molecule has 0 unspecified atom stereocenters. The second kappa shape index (κ2) is 6.82. The van der Waals surface area contributed by atoms with Crippen molar-refractivity contribution in [3.05, 3.63) is 83.4 Å². The van der Waals surface area contributed by atoms with Crippen LogP contribution in [0.1, 0.15) is 35.7 Å². The summed E-state index contributed by atoms with van der Waals surface area (Å²) in [5.74, 6) is 0.480. The van der Waals surface area contributed by atoms with Crippen LogP contribution in [0.3, 0.4) is 0 Å². The fourth-order valence-electron chi connectivity index (χ4n) is 4.50. The van der Waals surface area contributed by atoms with Crippen molar-refractivity contribution in [3.63, 3.8) is 0 Å². The highest BCUT2D eigenvalue weighted by Crippen LogP contribution is 2.43. The summed E-state index contributed by atoms with van der Waals surface area (Å²) < 4.78 is 13.5. The second-order valence-corrected chi connectivity index (χ2v) is 7.52. The number of aromatic nitrogens is 2. The van der Waals surface area contributed by atoms with Crippen LogP contribution < -0.4 is 0 Å². The lowest BCUT2D eigenvalue weighted by atomic mass is 9.97. The molecule has 0 saturated carbocycles. The summed E-state index contributed by atoms with van der Waals surface area (Å²) in [6.45, 7) is 0. The van der Waals surface area contributed by atoms with Crippen molar-refractivity contribution in [2.45, 2.75) is 37.8 Å². The Labute approximate surface area is 163 Å². The van der Waals surface area contributed by atoms with Gasteiger partial charge in [-0.2, -0.15) is 0 Å². The van der Waals surface area contributed by atoms with E-state index in [0.717, 1.165) is 41.9 Å². The van der Waals surface area contributed by atoms with E-state index in [0.29, 0.717) is 5.56 Å². The molecule has 0 radical (unpaired) electrons. The number of carbonyl (C=O) groups excluding carboxylic acids is 1. The lowest BCUT2D eigenvalue weighted by molar-refractivity contribution is -0.134. The van der Waals surface area contributed by atoms with Crippen LogP contribution in [-0.4, -0.2) is 26.8 Å². The van der Waals surface area contributed by atoms with Crippen molar-refractivity contribution in [2.75, 3.05) is 0 Å². The Balaban J connectivity index is 1.42. The molecule has 3 aromatic rings. The van der Waals surface area contributed by atoms with Crippen LogP contribution in [0.2, 0.25) is 0 Å². The van der Waals surface area contributed by atoms with Gasteiger partial charge in [0.05, 0.1) is 18.2 Å². The Hall–Kier alpha value is -3.08. The first-order chi connectivity index (χ1) is 13.7. The summed E-state index contributed by atoms with van der Waals surface area (Å²) in [5.41, 5.74) is 3.82. The lowest BCUT2D eigenvalue weighted by Crippen LogP contribution is -2.43. The van der Waals surface area contributed by atoms with E-state index >= 15 is 0 Å². The summed E-state index contributed by atoms with van der Waals surface area (Å²) in [6.07, 6.45) is 4.77. The first kappa shape index (κ1) is 17.0. The number of benzene rings is 2. The molecule has 5 heteroatoms. The highest BCUT2D eigenvalue weighted by Gasteiger charge is 2.43. The molecular weight excluding hydrogens is 353 g/mol. The van der Waals surface area contributed by atoms with Gasteiger partial charge in [-0.05, 0) is 30.5 Å². The van der Waals surface area contributed by atoms with E-state index < -0.39 is 0 Å². The fourth-order valence-corrected chi connectivity index (χ4v) is 4.50. The second-order valence-electron chi connectivity index (χ2n) is 7.52. The maximum atomic E-state index is 13.5. The number of nitrogens with zero attached hydrogens (tertiary/aromatic N) is 3. The van der Waals surface area contributed by atoms with Crippen molar-refractivity contribution in [3.8, 4) is 11.4 Å². The highest BCUT2D eigenvalue weighted by atomic mass is 19.1. The van der Waals surface area contributed by atoms with Gasteiger partial charge < -0.3 is 4.90 Å². The van der Waals surface area contributed by atoms with Gasteiger partial charge in [-0.15, -0.1) is 0 Å². The Bertz CT molecular complexity index is 1040. The highest BCUT2D eigenvalue weighted by molar-refractivity contribution is 5.80. The minimum absolute atomic E-state index is 0.0274. The van der Waals surface area contributed by atoms with Crippen LogP contribution in [0.25, 0.3) is 11.4 Å². The third kappa shape index (κ3) is 2.97. The predicted molar refractivity (Wildman–Crippen MR) is 104 cm³/mol. The van der Waals surface area contributed by atoms with Crippen molar-refractivity contribution in [1.29, 1.82) is 0 Å². The fraction of sp³-hybridized carbons (Fsp3) is 0.261. The minimum atomic E-state index is -0.306. The smallest absolute Gasteiger partial charge is 0.227 e. The standard InChI is InChI=1S/C23H20FN3O/c24-17-8-4-5-15(11-17)12-22(28)27-18-9-10-21(27)19-14-25-23(26-20(19)13-18)16-6-2-1-3-7-16/h1-8,11,14,18,21H,9-10,12-13H2/t18-,21+/m0/s1. The zero-order valence-corrected chi connectivity index (χ0v) is 15.4. The average Bonchev–Trinajstić information content (AvgIpc) is 3.03. The third-order valence-corrected chi connectivity index (χ3v) is 5.75. The van der Waals surface area contributed by atoms with E-state index in [1.165, 1.54) is 12.1 Å². The van der Waals surface area contributed by atoms with Gasteiger partial charge in [-0.25, -0.2) is 14.4 Å². The topological polar surface area (TPSA) is 46.1 Å². The average molecular weight is 373 g/mol. The summed E-state index contributed by atoms with van der Waals surface area (Å²) in [6, 6.07) is 16.4. The van der Waals surface area contributed by atoms with Crippen LogP contribution >= 0.6 is 0 Å². The molecule has 1 aromatic heterocycles. The molecule has 2 atom stereocenters. The summed E-state index contributed by atoms with van der Waals surface area (Å²) >= 11 is 0. The number of halogens is 1. The summed E-state index contributed by atoms with van der Waals surface area (Å²) in [5, 5.41) is 0. The molecule has 28 heavy (non-hydrogen) atoms. The zero-order valence-electron chi connectivity index (χ0n) is 15.4. The van der Waals surface area contributed by atoms with Crippen LogP contribution in [0.15, 0.2) is 60.8 Å². The van der Waals surface area contributed by atoms with Crippen LogP contribution in [0.4, 0.5) is 4.39 Å². The van der Waals surface area contributed by atoms with E-state index in [-0.39, 0.29) is 30.2 Å². The zero-order chi connectivity index (χ0) is 19.1. The van der Waals surface area contributed by atoms with Crippen LogP contribution in [0, 0.1) is 5.82 Å². The van der Waals surface area contributed by atoms with E-state index in [4.69, 9.17) is 4.98 Å². The Morgan fingerprint density at radius 2 is 1.96 bits per heavy atom. The normalized spacial score (nSPS) is 20.1. The van der Waals surface area contributed by atoms with Gasteiger partial charge in [0, 0.05) is 29.8 Å². The molecule has 1 saturated heterocycles. The Morgan fingerprint density at radius 1 is 1.11 bits per heavy atom. The van der Waals surface area contributed by atoms with Crippen molar-refractivity contribution >= 4 is 5.91 Å². The van der Waals surface area contributed by atoms with Crippen LogP contribution in [-0.2, 0) is 17.6 Å². The van der Waals surface area contributed by atoms with Gasteiger partial charge in [0.15, 0.2) is 5.82 Å². The number of hydrogen-bond acceptors (Lipinski definition) is 3. The van der Waals surface area contributed by atoms with Crippen molar-refractivity contribution < 1.29 is 9.18 Å². The molecule has 2 aliphatic rings. The van der Waals surface area contributed by atoms with E-state index in [2.05, 4.69) is 4.98 Å². The molecule has 0 N–H and O–H groups in total. The van der Waals surface area contributed by atoms with Crippen molar-refractivity contribution in [1.82, 2.24) is 14.9 Å². The molecule has 4 nitrogen and oxygen atoms in total. The monoisotopic (exact) mass is 373 g/mol. The SMILES string of the molecule is O=C(Cc1cccc(F)c1)N1[C@H]2CC[C@@H]1c1cnc(-c3ccccc3)nc1C2. The number of carbonyl (C=O) groups is 1. The molecule has 1 fully saturated rings. The van der Waals surface area contributed by atoms with Gasteiger partial charge >= 0.3 is 0 Å². The minimum Gasteiger partial charge on any atom is -0.332 e. The summed E-state index contributed by atoms with van der Waals surface area (Å²) in [7, 11) is 0. The van der Waals surface area contributed by atoms with Gasteiger partial charge in [0.2, 0.25) is 5.91 Å². The van der Waals surface area contributed by atoms with Crippen LogP contribution in [0.5, 0.6) is 0 Å². The number of fused-ring (bicyclic) bond motifs is 4. The largest absolute Gasteiger partial charge is 0.332 e. The van der Waals surface area contributed by atoms with E-state index in [1.807, 2.05) is 41.4 Å². The first-order valence-corrected chi connectivity index (χ1v) is 9.66. The van der Waals surface area contributed by atoms with E-state index in [1.54, 1.807) is 12.1 Å². The van der Waals surface area contributed by atoms with Gasteiger partial charge in [0.1, 0.15) is 5.82 Å². The number of amides is 1. The van der Waals surface area contributed by atoms with E-state index in [9.17, 15) is 9.18 Å². The predicted octanol–water partition coefficient (Wildman–Crippen LogP) is 4.11. The van der Waals surface area contributed by atoms with Crippen molar-refractivity contribution in [2.24, 2.45) is 0 Å². The first-order valence-electron chi connectivity index (χ1n) is 9.66. The molecular formula is C23H20FN3O. The van der Waals surface area contributed by atoms with Gasteiger partial charge in [0.25, 0.3) is 0 Å². The molecule has 2 aromatic carbocycles. The molecule has 5 rings (SSSR count). The summed E-state index contributed by atoms with van der Waals surface area (Å²) in [4.78, 5) is 24.4. The molecule has 0 aliphatic carbocycles. The molecule has 1 amide bonds. The maximum Gasteiger partial charge on any atom is 0.227 e. The molecule has 0 spiro atoms. The number of hydrogen-bond donors (Lipinski definition) is 0. The third-order valence-electron chi connectivity index (χ3n) is 5.75. The number of rotatable bonds is 3. The molecule has 3 heterocycles. The molecule has 140 valence electrons. The lowest BCUT2D eigenvalue weighted by Gasteiger charge is -2.36. The Kier molecular flexibility index (Phi) is 4.15. The maximum absolute atomic E-state index is 13.5. The molecule has 2 bridgehead atoms. The van der Waals surface area contributed by atoms with Gasteiger partial charge in [-0.3, -0.25) is 4.79 Å². The molecule has 2 aliphatic heterocycles.